The van der Waals surface area contributed by atoms with Gasteiger partial charge in [0.15, 0.2) is 11.6 Å². The van der Waals surface area contributed by atoms with Crippen LogP contribution in [0.1, 0.15) is 65.2 Å². The van der Waals surface area contributed by atoms with Gasteiger partial charge in [-0.05, 0) is 25.0 Å². The van der Waals surface area contributed by atoms with Gasteiger partial charge in [0, 0.05) is 12.8 Å². The van der Waals surface area contributed by atoms with E-state index in [1.165, 1.54) is 0 Å². The van der Waals surface area contributed by atoms with Crippen LogP contribution in [0.4, 0.5) is 0 Å². The van der Waals surface area contributed by atoms with Gasteiger partial charge < -0.3 is 0 Å². The van der Waals surface area contributed by atoms with Crippen molar-refractivity contribution in [2.24, 2.45) is 0 Å². The Kier molecular flexibility index (Phi) is 11.5. The van der Waals surface area contributed by atoms with Crippen molar-refractivity contribution in [3.63, 3.8) is 0 Å². The minimum Gasteiger partial charge on any atom is -0.295 e. The molecular weight excluding hydrogens is 224 g/mol. The Balaban J connectivity index is 3.68. The molecule has 2 nitrogen and oxygen atoms in total. The van der Waals surface area contributed by atoms with Gasteiger partial charge in [0.05, 0.1) is 0 Å². The molecule has 0 heterocycles. The third kappa shape index (κ3) is 11.3. The van der Waals surface area contributed by atoms with Gasteiger partial charge >= 0.3 is 0 Å². The molecule has 0 aliphatic rings. The van der Waals surface area contributed by atoms with Crippen LogP contribution in [0.3, 0.4) is 0 Å². The highest BCUT2D eigenvalue weighted by Crippen LogP contribution is 2.00. The van der Waals surface area contributed by atoms with E-state index in [0.717, 1.165) is 38.5 Å². The molecule has 0 bridgehead atoms. The summed E-state index contributed by atoms with van der Waals surface area (Å²) in [5.74, 6) is 0.114. The lowest BCUT2D eigenvalue weighted by atomic mass is 10.1. The number of allylic oxidation sites excluding steroid dienone is 4. The molecule has 0 spiro atoms. The summed E-state index contributed by atoms with van der Waals surface area (Å²) in [5.41, 5.74) is 0. The average molecular weight is 250 g/mol. The smallest absolute Gasteiger partial charge is 0.155 e. The second-order valence-corrected chi connectivity index (χ2v) is 4.52. The molecule has 0 radical (unpaired) electrons. The van der Waals surface area contributed by atoms with E-state index in [0.29, 0.717) is 12.8 Å². The summed E-state index contributed by atoms with van der Waals surface area (Å²) in [6.07, 6.45) is 14.1. The fraction of sp³-hybridized carbons (Fsp3) is 0.625. The maximum absolute atomic E-state index is 11.4. The number of rotatable bonds is 11. The largest absolute Gasteiger partial charge is 0.295 e. The number of carbonyl (C=O) groups excluding carboxylic acids is 2. The zero-order chi connectivity index (χ0) is 13.6. The van der Waals surface area contributed by atoms with Gasteiger partial charge in [0.25, 0.3) is 0 Å². The highest BCUT2D eigenvalue weighted by Gasteiger charge is 2.01. The third-order valence-electron chi connectivity index (χ3n) is 2.67. The first-order valence-electron chi connectivity index (χ1n) is 7.09. The highest BCUT2D eigenvalue weighted by molar-refractivity contribution is 5.96. The first kappa shape index (κ1) is 16.8. The molecule has 0 unspecified atom stereocenters. The summed E-state index contributed by atoms with van der Waals surface area (Å²) < 4.78 is 0. The molecule has 0 saturated carbocycles. The predicted molar refractivity (Wildman–Crippen MR) is 76.6 cm³/mol. The van der Waals surface area contributed by atoms with Crippen molar-refractivity contribution in [2.45, 2.75) is 65.2 Å². The zero-order valence-corrected chi connectivity index (χ0v) is 11.8. The van der Waals surface area contributed by atoms with Crippen LogP contribution >= 0.6 is 0 Å². The Labute approximate surface area is 111 Å². The fourth-order valence-corrected chi connectivity index (χ4v) is 1.49. The van der Waals surface area contributed by atoms with Crippen molar-refractivity contribution < 1.29 is 9.59 Å². The normalized spacial score (nSPS) is 11.4. The minimum atomic E-state index is 0.0569. The Hall–Kier alpha value is -1.18. The van der Waals surface area contributed by atoms with Gasteiger partial charge in [-0.2, -0.15) is 0 Å². The second-order valence-electron chi connectivity index (χ2n) is 4.52. The van der Waals surface area contributed by atoms with Crippen molar-refractivity contribution >= 4 is 11.6 Å². The van der Waals surface area contributed by atoms with E-state index in [2.05, 4.69) is 13.8 Å². The molecule has 0 amide bonds. The van der Waals surface area contributed by atoms with E-state index in [1.54, 1.807) is 12.2 Å². The van der Waals surface area contributed by atoms with Crippen LogP contribution in [0, 0.1) is 0 Å². The van der Waals surface area contributed by atoms with Crippen molar-refractivity contribution in [1.29, 1.82) is 0 Å². The van der Waals surface area contributed by atoms with Gasteiger partial charge in [0.1, 0.15) is 0 Å². The molecule has 0 saturated heterocycles. The molecular formula is C16H26O2. The topological polar surface area (TPSA) is 34.1 Å². The van der Waals surface area contributed by atoms with Crippen molar-refractivity contribution in [3.05, 3.63) is 24.3 Å². The minimum absolute atomic E-state index is 0.0569. The number of ketones is 2. The Morgan fingerprint density at radius 1 is 0.778 bits per heavy atom. The number of carbonyl (C=O) groups is 2. The Bertz CT molecular complexity index is 257. The molecule has 0 aromatic carbocycles. The quantitative estimate of drug-likeness (QED) is 0.402. The van der Waals surface area contributed by atoms with Gasteiger partial charge in [-0.3, -0.25) is 9.59 Å². The van der Waals surface area contributed by atoms with Crippen molar-refractivity contribution in [2.75, 3.05) is 0 Å². The lowest BCUT2D eigenvalue weighted by Crippen LogP contribution is -1.99. The van der Waals surface area contributed by atoms with Gasteiger partial charge in [0.2, 0.25) is 0 Å². The summed E-state index contributed by atoms with van der Waals surface area (Å²) in [6.45, 7) is 4.25. The highest BCUT2D eigenvalue weighted by atomic mass is 16.1. The maximum Gasteiger partial charge on any atom is 0.155 e. The summed E-state index contributed by atoms with van der Waals surface area (Å²) >= 11 is 0. The van der Waals surface area contributed by atoms with Crippen LogP contribution < -0.4 is 0 Å². The van der Waals surface area contributed by atoms with Crippen LogP contribution in [0.15, 0.2) is 24.3 Å². The lowest BCUT2D eigenvalue weighted by molar-refractivity contribution is -0.119. The van der Waals surface area contributed by atoms with Crippen LogP contribution in [-0.2, 0) is 9.59 Å². The van der Waals surface area contributed by atoms with Gasteiger partial charge in [-0.1, -0.05) is 51.7 Å². The fourth-order valence-electron chi connectivity index (χ4n) is 1.49. The molecule has 102 valence electrons. The standard InChI is InChI=1S/C16H26O2/c1-3-5-7-9-11-15(17)13-14-16(18)12-10-8-6-4-2/h9-12H,3-8,13-14H2,1-2H3/b11-9+,12-10+. The predicted octanol–water partition coefficient (Wildman–Crippen LogP) is 4.40. The molecule has 0 aliphatic heterocycles. The van der Waals surface area contributed by atoms with E-state index >= 15 is 0 Å². The summed E-state index contributed by atoms with van der Waals surface area (Å²) in [4.78, 5) is 22.8. The Morgan fingerprint density at radius 2 is 1.17 bits per heavy atom. The van der Waals surface area contributed by atoms with Crippen LogP contribution in [-0.4, -0.2) is 11.6 Å². The van der Waals surface area contributed by atoms with Gasteiger partial charge in [-0.15, -0.1) is 0 Å². The third-order valence-corrected chi connectivity index (χ3v) is 2.67. The molecule has 0 aromatic rings. The van der Waals surface area contributed by atoms with Crippen LogP contribution in [0.2, 0.25) is 0 Å². The van der Waals surface area contributed by atoms with E-state index in [4.69, 9.17) is 0 Å². The van der Waals surface area contributed by atoms with Crippen molar-refractivity contribution in [3.8, 4) is 0 Å². The van der Waals surface area contributed by atoms with E-state index < -0.39 is 0 Å². The first-order valence-corrected chi connectivity index (χ1v) is 7.09. The first-order chi connectivity index (χ1) is 8.70. The molecule has 2 heteroatoms. The molecule has 0 aliphatic carbocycles. The average Bonchev–Trinajstić information content (AvgIpc) is 2.37. The monoisotopic (exact) mass is 250 g/mol. The molecule has 0 rings (SSSR count). The summed E-state index contributed by atoms with van der Waals surface area (Å²) in [7, 11) is 0. The molecule has 18 heavy (non-hydrogen) atoms. The molecule has 0 fully saturated rings. The van der Waals surface area contributed by atoms with E-state index in [9.17, 15) is 9.59 Å². The van der Waals surface area contributed by atoms with E-state index in [-0.39, 0.29) is 11.6 Å². The molecule has 0 N–H and O–H groups in total. The van der Waals surface area contributed by atoms with Crippen molar-refractivity contribution in [1.82, 2.24) is 0 Å². The van der Waals surface area contributed by atoms with Crippen LogP contribution in [0.5, 0.6) is 0 Å². The molecule has 0 aromatic heterocycles. The number of unbranched alkanes of at least 4 members (excludes halogenated alkanes) is 4. The summed E-state index contributed by atoms with van der Waals surface area (Å²) in [5, 5.41) is 0. The zero-order valence-electron chi connectivity index (χ0n) is 11.8. The second kappa shape index (κ2) is 12.3. The maximum atomic E-state index is 11.4. The number of hydrogen-bond donors (Lipinski definition) is 0. The Morgan fingerprint density at radius 3 is 1.50 bits per heavy atom. The van der Waals surface area contributed by atoms with E-state index in [1.807, 2.05) is 12.2 Å². The van der Waals surface area contributed by atoms with Crippen LogP contribution in [0.25, 0.3) is 0 Å². The number of hydrogen-bond acceptors (Lipinski definition) is 2. The summed E-state index contributed by atoms with van der Waals surface area (Å²) in [6, 6.07) is 0. The molecule has 0 atom stereocenters. The van der Waals surface area contributed by atoms with Gasteiger partial charge in [-0.25, -0.2) is 0 Å². The lowest BCUT2D eigenvalue weighted by Gasteiger charge is -1.94. The SMILES string of the molecule is CCCC/C=C/C(=O)CCC(=O)/C=C/CCCC.